The summed E-state index contributed by atoms with van der Waals surface area (Å²) in [7, 11) is 1.61. The van der Waals surface area contributed by atoms with E-state index < -0.39 is 6.10 Å². The number of methoxy groups -OCH3 is 1. The van der Waals surface area contributed by atoms with E-state index in [1.165, 1.54) is 0 Å². The first-order valence-electron chi connectivity index (χ1n) is 6.97. The minimum Gasteiger partial charge on any atom is -0.389 e. The van der Waals surface area contributed by atoms with Gasteiger partial charge < -0.3 is 25.2 Å². The maximum absolute atomic E-state index is 11.4. The van der Waals surface area contributed by atoms with Gasteiger partial charge in [0.1, 0.15) is 0 Å². The molecule has 0 radical (unpaired) electrons. The van der Waals surface area contributed by atoms with Gasteiger partial charge in [0, 0.05) is 26.1 Å². The lowest BCUT2D eigenvalue weighted by atomic mass is 10.3. The Kier molecular flexibility index (Phi) is 8.73. The van der Waals surface area contributed by atoms with E-state index in [0.717, 1.165) is 25.8 Å². The number of nitrogens with one attached hydrogen (secondary N) is 2. The van der Waals surface area contributed by atoms with Crippen molar-refractivity contribution in [3.05, 3.63) is 0 Å². The summed E-state index contributed by atoms with van der Waals surface area (Å²) < 4.78 is 10.0. The van der Waals surface area contributed by atoms with Crippen molar-refractivity contribution in [3.8, 4) is 0 Å². The van der Waals surface area contributed by atoms with E-state index in [9.17, 15) is 9.90 Å². The number of rotatable bonds is 12. The first kappa shape index (κ1) is 16.4. The van der Waals surface area contributed by atoms with Crippen molar-refractivity contribution >= 4 is 5.91 Å². The van der Waals surface area contributed by atoms with Crippen LogP contribution in [-0.4, -0.2) is 63.2 Å². The highest BCUT2D eigenvalue weighted by molar-refractivity contribution is 5.76. The molecule has 6 heteroatoms. The number of aliphatic hydroxyl groups excluding tert-OH is 1. The average Bonchev–Trinajstić information content (AvgIpc) is 3.18. The van der Waals surface area contributed by atoms with Crippen LogP contribution in [0.15, 0.2) is 0 Å². The lowest BCUT2D eigenvalue weighted by Crippen LogP contribution is -2.32. The molecule has 1 amide bonds. The predicted octanol–water partition coefficient (Wildman–Crippen LogP) is -0.341. The van der Waals surface area contributed by atoms with Gasteiger partial charge in [-0.3, -0.25) is 4.79 Å². The first-order valence-corrected chi connectivity index (χ1v) is 6.97. The van der Waals surface area contributed by atoms with Crippen LogP contribution in [0.2, 0.25) is 0 Å². The lowest BCUT2D eigenvalue weighted by Gasteiger charge is -2.12. The molecule has 1 rings (SSSR count). The summed E-state index contributed by atoms with van der Waals surface area (Å²) in [4.78, 5) is 11.4. The van der Waals surface area contributed by atoms with E-state index >= 15 is 0 Å². The van der Waals surface area contributed by atoms with Gasteiger partial charge in [-0.25, -0.2) is 0 Å². The smallest absolute Gasteiger partial charge is 0.220 e. The van der Waals surface area contributed by atoms with Gasteiger partial charge in [-0.05, 0) is 25.8 Å². The first-order chi connectivity index (χ1) is 9.22. The normalized spacial score (nSPS) is 16.3. The molecule has 0 aliphatic heterocycles. The SMILES string of the molecule is COCCOCC(O)CNCCCC(=O)NC1CC1. The Labute approximate surface area is 114 Å². The maximum atomic E-state index is 11.4. The molecule has 0 saturated heterocycles. The molecular weight excluding hydrogens is 248 g/mol. The number of ether oxygens (including phenoxy) is 2. The summed E-state index contributed by atoms with van der Waals surface area (Å²) in [5.74, 6) is 0.132. The fourth-order valence-electron chi connectivity index (χ4n) is 1.59. The molecule has 0 spiro atoms. The summed E-state index contributed by atoms with van der Waals surface area (Å²) in [6, 6.07) is 0.437. The molecule has 1 saturated carbocycles. The second kappa shape index (κ2) is 10.1. The monoisotopic (exact) mass is 274 g/mol. The van der Waals surface area contributed by atoms with Gasteiger partial charge in [0.2, 0.25) is 5.91 Å². The van der Waals surface area contributed by atoms with Crippen molar-refractivity contribution in [2.45, 2.75) is 37.8 Å². The molecule has 3 N–H and O–H groups in total. The molecule has 19 heavy (non-hydrogen) atoms. The van der Waals surface area contributed by atoms with E-state index in [2.05, 4.69) is 10.6 Å². The molecular formula is C13H26N2O4. The van der Waals surface area contributed by atoms with Gasteiger partial charge in [-0.2, -0.15) is 0 Å². The van der Waals surface area contributed by atoms with Crippen LogP contribution >= 0.6 is 0 Å². The van der Waals surface area contributed by atoms with Gasteiger partial charge in [0.05, 0.1) is 25.9 Å². The van der Waals surface area contributed by atoms with Crippen LogP contribution in [0.25, 0.3) is 0 Å². The van der Waals surface area contributed by atoms with Gasteiger partial charge in [-0.15, -0.1) is 0 Å². The fraction of sp³-hybridized carbons (Fsp3) is 0.923. The second-order valence-electron chi connectivity index (χ2n) is 4.87. The minimum absolute atomic E-state index is 0.132. The summed E-state index contributed by atoms with van der Waals surface area (Å²) in [6.07, 6.45) is 3.07. The van der Waals surface area contributed by atoms with Crippen LogP contribution in [0.4, 0.5) is 0 Å². The molecule has 0 aromatic heterocycles. The zero-order chi connectivity index (χ0) is 13.9. The Morgan fingerprint density at radius 2 is 2.21 bits per heavy atom. The zero-order valence-corrected chi connectivity index (χ0v) is 11.7. The second-order valence-corrected chi connectivity index (χ2v) is 4.87. The van der Waals surface area contributed by atoms with Crippen LogP contribution in [0.1, 0.15) is 25.7 Å². The molecule has 0 heterocycles. The van der Waals surface area contributed by atoms with E-state index in [0.29, 0.717) is 38.8 Å². The van der Waals surface area contributed by atoms with Crippen molar-refractivity contribution in [1.29, 1.82) is 0 Å². The third-order valence-electron chi connectivity index (χ3n) is 2.82. The van der Waals surface area contributed by atoms with Gasteiger partial charge in [0.15, 0.2) is 0 Å². The standard InChI is InChI=1S/C13H26N2O4/c1-18-7-8-19-10-12(16)9-14-6-2-3-13(17)15-11-4-5-11/h11-12,14,16H,2-10H2,1H3,(H,15,17). The maximum Gasteiger partial charge on any atom is 0.220 e. The van der Waals surface area contributed by atoms with E-state index in [4.69, 9.17) is 9.47 Å². The quantitative estimate of drug-likeness (QED) is 0.424. The third kappa shape index (κ3) is 9.84. The predicted molar refractivity (Wildman–Crippen MR) is 72.0 cm³/mol. The van der Waals surface area contributed by atoms with Gasteiger partial charge in [-0.1, -0.05) is 0 Å². The molecule has 1 aliphatic carbocycles. The van der Waals surface area contributed by atoms with Gasteiger partial charge >= 0.3 is 0 Å². The summed E-state index contributed by atoms with van der Waals surface area (Å²) in [6.45, 7) is 2.55. The molecule has 0 aromatic carbocycles. The topological polar surface area (TPSA) is 79.8 Å². The van der Waals surface area contributed by atoms with Crippen molar-refractivity contribution in [2.75, 3.05) is 40.0 Å². The Balaban J connectivity index is 1.82. The molecule has 1 atom stereocenters. The zero-order valence-electron chi connectivity index (χ0n) is 11.7. The van der Waals surface area contributed by atoms with Crippen LogP contribution in [0.3, 0.4) is 0 Å². The van der Waals surface area contributed by atoms with Crippen LogP contribution in [0, 0.1) is 0 Å². The molecule has 0 bridgehead atoms. The van der Waals surface area contributed by atoms with E-state index in [1.807, 2.05) is 0 Å². The van der Waals surface area contributed by atoms with Crippen LogP contribution in [-0.2, 0) is 14.3 Å². The molecule has 112 valence electrons. The Morgan fingerprint density at radius 1 is 1.42 bits per heavy atom. The summed E-state index contributed by atoms with van der Waals surface area (Å²) in [5, 5.41) is 15.6. The van der Waals surface area contributed by atoms with Crippen molar-refractivity contribution < 1.29 is 19.4 Å². The molecule has 1 unspecified atom stereocenters. The Hall–Kier alpha value is -0.690. The van der Waals surface area contributed by atoms with Crippen molar-refractivity contribution in [2.24, 2.45) is 0 Å². The largest absolute Gasteiger partial charge is 0.389 e. The number of carbonyl (C=O) groups is 1. The van der Waals surface area contributed by atoms with Crippen molar-refractivity contribution in [1.82, 2.24) is 10.6 Å². The van der Waals surface area contributed by atoms with Crippen LogP contribution in [0.5, 0.6) is 0 Å². The summed E-state index contributed by atoms with van der Waals surface area (Å²) in [5.41, 5.74) is 0. The number of aliphatic hydroxyl groups is 1. The highest BCUT2D eigenvalue weighted by atomic mass is 16.5. The minimum atomic E-state index is -0.517. The average molecular weight is 274 g/mol. The Morgan fingerprint density at radius 3 is 2.89 bits per heavy atom. The lowest BCUT2D eigenvalue weighted by molar-refractivity contribution is -0.121. The number of carbonyl (C=O) groups excluding carboxylic acids is 1. The Bertz CT molecular complexity index is 247. The van der Waals surface area contributed by atoms with E-state index in [-0.39, 0.29) is 5.91 Å². The third-order valence-corrected chi connectivity index (χ3v) is 2.82. The highest BCUT2D eigenvalue weighted by Crippen LogP contribution is 2.18. The fourth-order valence-corrected chi connectivity index (χ4v) is 1.59. The van der Waals surface area contributed by atoms with Gasteiger partial charge in [0.25, 0.3) is 0 Å². The van der Waals surface area contributed by atoms with Crippen molar-refractivity contribution in [3.63, 3.8) is 0 Å². The summed E-state index contributed by atoms with van der Waals surface area (Å²) >= 11 is 0. The number of hydrogen-bond donors (Lipinski definition) is 3. The molecule has 1 fully saturated rings. The van der Waals surface area contributed by atoms with Crippen LogP contribution < -0.4 is 10.6 Å². The molecule has 0 aromatic rings. The number of hydrogen-bond acceptors (Lipinski definition) is 5. The highest BCUT2D eigenvalue weighted by Gasteiger charge is 2.22. The molecule has 1 aliphatic rings. The molecule has 6 nitrogen and oxygen atoms in total. The van der Waals surface area contributed by atoms with E-state index in [1.54, 1.807) is 7.11 Å². The number of amides is 1.